The molecule has 1 N–H and O–H groups in total. The zero-order chi connectivity index (χ0) is 17.4. The lowest BCUT2D eigenvalue weighted by molar-refractivity contribution is 0.0969. The second-order valence-corrected chi connectivity index (χ2v) is 9.09. The number of aliphatic hydroxyl groups is 1. The number of hydrogen-bond acceptors (Lipinski definition) is 1. The van der Waals surface area contributed by atoms with Gasteiger partial charge >= 0.3 is 0 Å². The molecule has 0 heterocycles. The van der Waals surface area contributed by atoms with Gasteiger partial charge in [-0.3, -0.25) is 0 Å². The van der Waals surface area contributed by atoms with Crippen LogP contribution < -0.4 is 0 Å². The summed E-state index contributed by atoms with van der Waals surface area (Å²) in [6, 6.07) is 17.3. The summed E-state index contributed by atoms with van der Waals surface area (Å²) in [5.74, 6) is 0.654. The molecule has 0 aliphatic heterocycles. The van der Waals surface area contributed by atoms with Crippen molar-refractivity contribution in [1.82, 2.24) is 0 Å². The molecule has 0 radical (unpaired) electrons. The van der Waals surface area contributed by atoms with Gasteiger partial charge in [0.15, 0.2) is 0 Å². The van der Waals surface area contributed by atoms with Gasteiger partial charge < -0.3 is 5.11 Å². The van der Waals surface area contributed by atoms with Crippen molar-refractivity contribution in [3.63, 3.8) is 0 Å². The fourth-order valence-electron chi connectivity index (χ4n) is 4.88. The third kappa shape index (κ3) is 3.89. The van der Waals surface area contributed by atoms with E-state index in [9.17, 15) is 5.11 Å². The standard InChI is InChI=1S/C23H30O/c1-22(2)13-21(14-23(3,4)16-22)19-10-8-18(9-11-19)20-7-5-6-17(12-20)15-24/h5-12,21,24H,13-16H2,1-4H3. The van der Waals surface area contributed by atoms with Gasteiger partial charge in [0.25, 0.3) is 0 Å². The average molecular weight is 322 g/mol. The highest BCUT2D eigenvalue weighted by atomic mass is 16.3. The number of aliphatic hydroxyl groups excluding tert-OH is 1. The Kier molecular flexibility index (Phi) is 4.57. The van der Waals surface area contributed by atoms with Crippen LogP contribution in [0.5, 0.6) is 0 Å². The zero-order valence-corrected chi connectivity index (χ0v) is 15.5. The van der Waals surface area contributed by atoms with E-state index in [0.29, 0.717) is 16.7 Å². The van der Waals surface area contributed by atoms with Gasteiger partial charge in [-0.2, -0.15) is 0 Å². The molecule has 1 aliphatic rings. The zero-order valence-electron chi connectivity index (χ0n) is 15.5. The van der Waals surface area contributed by atoms with E-state index in [1.165, 1.54) is 36.0 Å². The van der Waals surface area contributed by atoms with Gasteiger partial charge in [0, 0.05) is 0 Å². The minimum atomic E-state index is 0.0954. The van der Waals surface area contributed by atoms with E-state index in [1.54, 1.807) is 0 Å². The molecule has 2 aromatic rings. The van der Waals surface area contributed by atoms with Gasteiger partial charge in [0.1, 0.15) is 0 Å². The Labute approximate surface area is 146 Å². The smallest absolute Gasteiger partial charge is 0.0682 e. The molecule has 0 unspecified atom stereocenters. The first-order valence-electron chi connectivity index (χ1n) is 9.08. The van der Waals surface area contributed by atoms with Crippen molar-refractivity contribution in [2.45, 2.75) is 59.5 Å². The summed E-state index contributed by atoms with van der Waals surface area (Å²) in [6.45, 7) is 9.74. The minimum Gasteiger partial charge on any atom is -0.392 e. The molecule has 0 aromatic heterocycles. The summed E-state index contributed by atoms with van der Waals surface area (Å²) in [5, 5.41) is 9.32. The van der Waals surface area contributed by atoms with E-state index in [4.69, 9.17) is 0 Å². The first-order valence-corrected chi connectivity index (χ1v) is 9.08. The van der Waals surface area contributed by atoms with Crippen LogP contribution >= 0.6 is 0 Å². The lowest BCUT2D eigenvalue weighted by atomic mass is 9.60. The minimum absolute atomic E-state index is 0.0954. The summed E-state index contributed by atoms with van der Waals surface area (Å²) < 4.78 is 0. The molecule has 0 spiro atoms. The average Bonchev–Trinajstić information content (AvgIpc) is 2.52. The predicted molar refractivity (Wildman–Crippen MR) is 102 cm³/mol. The molecule has 1 fully saturated rings. The first-order chi connectivity index (χ1) is 11.3. The Hall–Kier alpha value is -1.60. The molecular weight excluding hydrogens is 292 g/mol. The lowest BCUT2D eigenvalue weighted by Gasteiger charge is -2.45. The van der Waals surface area contributed by atoms with Crippen LogP contribution in [0.3, 0.4) is 0 Å². The van der Waals surface area contributed by atoms with E-state index in [2.05, 4.69) is 64.1 Å². The summed E-state index contributed by atoms with van der Waals surface area (Å²) in [7, 11) is 0. The van der Waals surface area contributed by atoms with Crippen molar-refractivity contribution < 1.29 is 5.11 Å². The quantitative estimate of drug-likeness (QED) is 0.717. The highest BCUT2D eigenvalue weighted by molar-refractivity contribution is 5.64. The maximum Gasteiger partial charge on any atom is 0.0682 e. The summed E-state index contributed by atoms with van der Waals surface area (Å²) in [5.41, 5.74) is 5.67. The number of rotatable bonds is 3. The molecule has 1 nitrogen and oxygen atoms in total. The molecule has 1 heteroatoms. The van der Waals surface area contributed by atoms with Crippen LogP contribution in [0.4, 0.5) is 0 Å². The van der Waals surface area contributed by atoms with Crippen molar-refractivity contribution in [3.8, 4) is 11.1 Å². The second kappa shape index (κ2) is 6.37. The van der Waals surface area contributed by atoms with Crippen molar-refractivity contribution in [1.29, 1.82) is 0 Å². The Bertz CT molecular complexity index is 678. The van der Waals surface area contributed by atoms with Gasteiger partial charge in [0.2, 0.25) is 0 Å². The van der Waals surface area contributed by atoms with E-state index >= 15 is 0 Å². The molecule has 0 atom stereocenters. The van der Waals surface area contributed by atoms with Gasteiger partial charge in [-0.1, -0.05) is 70.2 Å². The van der Waals surface area contributed by atoms with Gasteiger partial charge in [0.05, 0.1) is 6.61 Å². The van der Waals surface area contributed by atoms with Gasteiger partial charge in [-0.25, -0.2) is 0 Å². The van der Waals surface area contributed by atoms with Crippen LogP contribution in [0.2, 0.25) is 0 Å². The Balaban J connectivity index is 1.84. The predicted octanol–water partition coefficient (Wildman–Crippen LogP) is 6.17. The monoisotopic (exact) mass is 322 g/mol. The molecule has 128 valence electrons. The molecule has 24 heavy (non-hydrogen) atoms. The molecule has 2 aromatic carbocycles. The highest BCUT2D eigenvalue weighted by Crippen LogP contribution is 2.51. The fraction of sp³-hybridized carbons (Fsp3) is 0.478. The van der Waals surface area contributed by atoms with Crippen molar-refractivity contribution in [2.75, 3.05) is 0 Å². The third-order valence-electron chi connectivity index (χ3n) is 5.38. The fourth-order valence-corrected chi connectivity index (χ4v) is 4.88. The van der Waals surface area contributed by atoms with Crippen LogP contribution in [0.25, 0.3) is 11.1 Å². The van der Waals surface area contributed by atoms with Crippen molar-refractivity contribution >= 4 is 0 Å². The van der Waals surface area contributed by atoms with Crippen molar-refractivity contribution in [3.05, 3.63) is 59.7 Å². The summed E-state index contributed by atoms with van der Waals surface area (Å²) in [6.07, 6.45) is 3.86. The van der Waals surface area contributed by atoms with E-state index < -0.39 is 0 Å². The molecule has 0 bridgehead atoms. The second-order valence-electron chi connectivity index (χ2n) is 9.09. The van der Waals surface area contributed by atoms with Crippen LogP contribution in [-0.2, 0) is 6.61 Å². The molecular formula is C23H30O. The number of hydrogen-bond donors (Lipinski definition) is 1. The summed E-state index contributed by atoms with van der Waals surface area (Å²) in [4.78, 5) is 0. The molecule has 1 aliphatic carbocycles. The normalized spacial score (nSPS) is 20.0. The van der Waals surface area contributed by atoms with E-state index in [-0.39, 0.29) is 6.61 Å². The van der Waals surface area contributed by atoms with Gasteiger partial charge in [-0.05, 0) is 64.3 Å². The SMILES string of the molecule is CC1(C)CC(c2ccc(-c3cccc(CO)c3)cc2)CC(C)(C)C1. The molecule has 1 saturated carbocycles. The first kappa shape index (κ1) is 17.2. The van der Waals surface area contributed by atoms with E-state index in [1.807, 2.05) is 12.1 Å². The molecule has 0 saturated heterocycles. The maximum atomic E-state index is 9.32. The topological polar surface area (TPSA) is 20.2 Å². The van der Waals surface area contributed by atoms with E-state index in [0.717, 1.165) is 5.56 Å². The van der Waals surface area contributed by atoms with Crippen LogP contribution in [0.15, 0.2) is 48.5 Å². The van der Waals surface area contributed by atoms with Crippen molar-refractivity contribution in [2.24, 2.45) is 10.8 Å². The number of benzene rings is 2. The highest BCUT2D eigenvalue weighted by Gasteiger charge is 2.38. The van der Waals surface area contributed by atoms with Crippen LogP contribution in [0, 0.1) is 10.8 Å². The largest absolute Gasteiger partial charge is 0.392 e. The lowest BCUT2D eigenvalue weighted by Crippen LogP contribution is -2.32. The van der Waals surface area contributed by atoms with Crippen LogP contribution in [-0.4, -0.2) is 5.11 Å². The maximum absolute atomic E-state index is 9.32. The molecule has 3 rings (SSSR count). The third-order valence-corrected chi connectivity index (χ3v) is 5.38. The Morgan fingerprint density at radius 3 is 2.08 bits per heavy atom. The summed E-state index contributed by atoms with van der Waals surface area (Å²) >= 11 is 0. The Morgan fingerprint density at radius 1 is 0.875 bits per heavy atom. The van der Waals surface area contributed by atoms with Crippen LogP contribution in [0.1, 0.15) is 64.0 Å². The Morgan fingerprint density at radius 2 is 1.50 bits per heavy atom. The molecule has 0 amide bonds. The van der Waals surface area contributed by atoms with Gasteiger partial charge in [-0.15, -0.1) is 0 Å².